The first kappa shape index (κ1) is 47.3. The smallest absolute Gasteiger partial charge is 0.196 e. The van der Waals surface area contributed by atoms with Crippen molar-refractivity contribution < 1.29 is 0 Å². The molecule has 0 saturated heterocycles. The van der Waals surface area contributed by atoms with Gasteiger partial charge < -0.3 is 0 Å². The molecule has 14 aromatic carbocycles. The van der Waals surface area contributed by atoms with Crippen LogP contribution in [0.5, 0.6) is 0 Å². The summed E-state index contributed by atoms with van der Waals surface area (Å²) in [5, 5.41) is 12.0. The molecule has 0 radical (unpaired) electrons. The number of hydrogen-bond acceptors (Lipinski definition) is 8. The van der Waals surface area contributed by atoms with Crippen LogP contribution in [0.15, 0.2) is 262 Å². The van der Waals surface area contributed by atoms with Crippen molar-refractivity contribution >= 4 is 130 Å². The molecule has 8 heteroatoms. The highest BCUT2D eigenvalue weighted by molar-refractivity contribution is 6.27. The third-order valence-corrected chi connectivity index (χ3v) is 17.0. The lowest BCUT2D eigenvalue weighted by molar-refractivity contribution is 1.50. The van der Waals surface area contributed by atoms with E-state index in [1.54, 1.807) is 0 Å². The van der Waals surface area contributed by atoms with Gasteiger partial charge in [0.1, 0.15) is 0 Å². The second-order valence-electron chi connectivity index (χ2n) is 21.6. The monoisotopic (exact) mass is 1070 g/mol. The van der Waals surface area contributed by atoms with Crippen LogP contribution in [0.25, 0.3) is 175 Å². The quantitative estimate of drug-likeness (QED) is 0.160. The van der Waals surface area contributed by atoms with Crippen molar-refractivity contribution in [1.29, 1.82) is 0 Å². The number of nitrogens with zero attached hydrogens (tertiary/aromatic N) is 4. The van der Waals surface area contributed by atoms with Gasteiger partial charge in [-0.15, -0.1) is 0 Å². The molecule has 8 nitrogen and oxygen atoms in total. The van der Waals surface area contributed by atoms with E-state index in [-0.39, 0.29) is 21.7 Å². The first-order valence-corrected chi connectivity index (χ1v) is 27.9. The molecule has 0 atom stereocenters. The third kappa shape index (κ3) is 6.76. The van der Waals surface area contributed by atoms with Gasteiger partial charge in [0.25, 0.3) is 0 Å². The summed E-state index contributed by atoms with van der Waals surface area (Å²) < 4.78 is 0. The van der Waals surface area contributed by atoms with Crippen molar-refractivity contribution in [2.45, 2.75) is 0 Å². The molecule has 4 aromatic heterocycles. The van der Waals surface area contributed by atoms with Crippen LogP contribution in [-0.2, 0) is 0 Å². The van der Waals surface area contributed by atoms with Crippen LogP contribution in [0.4, 0.5) is 0 Å². The summed E-state index contributed by atoms with van der Waals surface area (Å²) in [5.41, 5.74) is 13.0. The molecule has 0 amide bonds. The zero-order valence-electron chi connectivity index (χ0n) is 44.5. The van der Waals surface area contributed by atoms with Crippen LogP contribution >= 0.6 is 0 Å². The Morgan fingerprint density at radius 1 is 0.190 bits per heavy atom. The molecular formula is C76H40N4O4. The van der Waals surface area contributed by atoms with Gasteiger partial charge >= 0.3 is 0 Å². The number of fused-ring (bicyclic) bond motifs is 16. The number of rotatable bonds is 4. The molecule has 4 heterocycles. The van der Waals surface area contributed by atoms with Crippen LogP contribution in [0, 0.1) is 0 Å². The van der Waals surface area contributed by atoms with Gasteiger partial charge in [-0.2, -0.15) is 0 Å². The summed E-state index contributed by atoms with van der Waals surface area (Å²) in [6.07, 6.45) is 0. The standard InChI is InChI=1S/2C38H20N2O2/c2*41-37-25-17-9-7-15-23(25)35-33(37)31(21-11-3-1-4-12-21)27-19-30-28(20-29(27)39-35)32(22-13-5-2-6-14-22)34-36(40-30)24-16-8-10-18-26(24)38(34)42/h2*1-20H. The Hall–Kier alpha value is -11.5. The third-order valence-electron chi connectivity index (χ3n) is 17.0. The van der Waals surface area contributed by atoms with Crippen LogP contribution in [0.1, 0.15) is 0 Å². The molecule has 0 fully saturated rings. The van der Waals surface area contributed by atoms with Crippen molar-refractivity contribution in [3.63, 3.8) is 0 Å². The largest absolute Gasteiger partial charge is 0.288 e. The Labute approximate surface area is 475 Å². The van der Waals surface area contributed by atoms with E-state index in [0.717, 1.165) is 110 Å². The van der Waals surface area contributed by atoms with Crippen LogP contribution < -0.4 is 21.7 Å². The molecule has 84 heavy (non-hydrogen) atoms. The van der Waals surface area contributed by atoms with E-state index < -0.39 is 0 Å². The highest BCUT2D eigenvalue weighted by Crippen LogP contribution is 2.45. The maximum Gasteiger partial charge on any atom is 0.196 e. The molecule has 18 aromatic rings. The molecule has 0 N–H and O–H groups in total. The minimum Gasteiger partial charge on any atom is -0.288 e. The molecule has 0 bridgehead atoms. The summed E-state index contributed by atoms with van der Waals surface area (Å²) in [7, 11) is 0. The summed E-state index contributed by atoms with van der Waals surface area (Å²) in [5.74, 6) is 0. The maximum absolute atomic E-state index is 13.9. The van der Waals surface area contributed by atoms with Gasteiger partial charge in [0.2, 0.25) is 0 Å². The lowest BCUT2D eigenvalue weighted by atomic mass is 9.93. The number of pyridine rings is 4. The predicted octanol–water partition coefficient (Wildman–Crippen LogP) is 16.7. The van der Waals surface area contributed by atoms with Gasteiger partial charge in [-0.25, -0.2) is 19.9 Å². The van der Waals surface area contributed by atoms with Crippen molar-refractivity contribution in [2.24, 2.45) is 0 Å². The Kier molecular flexibility index (Phi) is 10.2. The summed E-state index contributed by atoms with van der Waals surface area (Å²) in [4.78, 5) is 76.0. The van der Waals surface area contributed by atoms with Gasteiger partial charge in [-0.3, -0.25) is 19.2 Å². The molecule has 0 aliphatic carbocycles. The SMILES string of the molecule is O=c1c2ccccc2c2nc3cc4c(-c5ccccc5)c5c(=O)c6ccccc6c5nc4cc3c(-c3ccccc3)c12.O=c1c2ccccc2c2nc3cc4c(-c5ccccc5)c5c(=O)c6ccccc6c5nc4cc3c(-c3ccccc3)c12. The lowest BCUT2D eigenvalue weighted by Crippen LogP contribution is -2.00. The first-order valence-electron chi connectivity index (χ1n) is 27.9. The summed E-state index contributed by atoms with van der Waals surface area (Å²) >= 11 is 0. The summed E-state index contributed by atoms with van der Waals surface area (Å²) in [6.45, 7) is 0. The molecule has 0 spiro atoms. The number of hydrogen-bond donors (Lipinski definition) is 0. The van der Waals surface area contributed by atoms with E-state index in [1.807, 2.05) is 218 Å². The van der Waals surface area contributed by atoms with Gasteiger partial charge in [0.05, 0.1) is 65.7 Å². The Bertz CT molecular complexity index is 5300. The predicted molar refractivity (Wildman–Crippen MR) is 346 cm³/mol. The van der Waals surface area contributed by atoms with Crippen LogP contribution in [-0.4, -0.2) is 19.9 Å². The molecule has 0 saturated carbocycles. The minimum absolute atomic E-state index is 0.0136. The van der Waals surface area contributed by atoms with Gasteiger partial charge in [0.15, 0.2) is 21.7 Å². The zero-order valence-corrected chi connectivity index (χ0v) is 44.5. The summed E-state index contributed by atoms with van der Waals surface area (Å²) in [6, 6.07) is 79.0. The molecule has 18 rings (SSSR count). The van der Waals surface area contributed by atoms with E-state index in [0.29, 0.717) is 65.2 Å². The molecule has 0 aliphatic heterocycles. The molecule has 0 unspecified atom stereocenters. The van der Waals surface area contributed by atoms with Crippen molar-refractivity contribution in [3.05, 3.63) is 284 Å². The Morgan fingerprint density at radius 3 is 0.571 bits per heavy atom. The molecule has 388 valence electrons. The maximum atomic E-state index is 13.9. The zero-order chi connectivity index (χ0) is 55.9. The van der Waals surface area contributed by atoms with Gasteiger partial charge in [-0.1, -0.05) is 218 Å². The average molecular weight is 1070 g/mol. The van der Waals surface area contributed by atoms with E-state index >= 15 is 0 Å². The van der Waals surface area contributed by atoms with Crippen molar-refractivity contribution in [1.82, 2.24) is 19.9 Å². The minimum atomic E-state index is -0.0136. The normalized spacial score (nSPS) is 12.0. The number of aromatic nitrogens is 4. The first-order chi connectivity index (χ1) is 41.4. The van der Waals surface area contributed by atoms with E-state index in [2.05, 4.69) is 24.3 Å². The van der Waals surface area contributed by atoms with Crippen LogP contribution in [0.3, 0.4) is 0 Å². The fourth-order valence-electron chi connectivity index (χ4n) is 13.4. The number of benzene rings is 10. The second kappa shape index (κ2) is 18.0. The van der Waals surface area contributed by atoms with Crippen LogP contribution in [0.2, 0.25) is 0 Å². The van der Waals surface area contributed by atoms with E-state index in [9.17, 15) is 19.2 Å². The highest BCUT2D eigenvalue weighted by Gasteiger charge is 2.26. The molecule has 0 aliphatic rings. The van der Waals surface area contributed by atoms with E-state index in [1.165, 1.54) is 0 Å². The van der Waals surface area contributed by atoms with E-state index in [4.69, 9.17) is 19.9 Å². The second-order valence-corrected chi connectivity index (χ2v) is 21.6. The lowest BCUT2D eigenvalue weighted by Gasteiger charge is -2.13. The highest BCUT2D eigenvalue weighted by atomic mass is 16.1. The fraction of sp³-hybridized carbons (Fsp3) is 0. The van der Waals surface area contributed by atoms with Gasteiger partial charge in [-0.05, 0) is 46.5 Å². The topological polar surface area (TPSA) is 120 Å². The van der Waals surface area contributed by atoms with Gasteiger partial charge in [0, 0.05) is 86.9 Å². The Morgan fingerprint density at radius 2 is 0.369 bits per heavy atom. The van der Waals surface area contributed by atoms with Crippen molar-refractivity contribution in [3.8, 4) is 44.5 Å². The fourth-order valence-corrected chi connectivity index (χ4v) is 13.4. The van der Waals surface area contributed by atoms with Crippen molar-refractivity contribution in [2.75, 3.05) is 0 Å². The molecular weight excluding hydrogens is 1030 g/mol. The Balaban J connectivity index is 0.000000132. The average Bonchev–Trinajstić information content (AvgIpc) is 3.07.